The van der Waals surface area contributed by atoms with Crippen LogP contribution in [0.4, 0.5) is 0 Å². The van der Waals surface area contributed by atoms with Gasteiger partial charge >= 0.3 is 0 Å². The quantitative estimate of drug-likeness (QED) is 0.341. The van der Waals surface area contributed by atoms with E-state index >= 15 is 0 Å². The van der Waals surface area contributed by atoms with Crippen molar-refractivity contribution in [3.05, 3.63) is 18.7 Å². The molecule has 0 saturated carbocycles. The van der Waals surface area contributed by atoms with Gasteiger partial charge in [-0.15, -0.1) is 0 Å². The van der Waals surface area contributed by atoms with E-state index < -0.39 is 10.1 Å². The lowest BCUT2D eigenvalue weighted by atomic mass is 10.0. The molecule has 24 heavy (non-hydrogen) atoms. The van der Waals surface area contributed by atoms with E-state index in [1.54, 1.807) is 12.5 Å². The zero-order valence-electron chi connectivity index (χ0n) is 15.3. The van der Waals surface area contributed by atoms with Crippen LogP contribution >= 0.6 is 0 Å². The van der Waals surface area contributed by atoms with Gasteiger partial charge in [-0.3, -0.25) is 4.18 Å². The van der Waals surface area contributed by atoms with E-state index in [1.165, 1.54) is 51.4 Å². The highest BCUT2D eigenvalue weighted by atomic mass is 32.2. The molecule has 1 aromatic rings. The molecule has 1 atom stereocenters. The summed E-state index contributed by atoms with van der Waals surface area (Å²) in [6.07, 6.45) is 19.5. The smallest absolute Gasteiger partial charge is 0.264 e. The van der Waals surface area contributed by atoms with Crippen LogP contribution in [-0.2, 0) is 20.8 Å². The molecule has 0 fully saturated rings. The van der Waals surface area contributed by atoms with E-state index in [0.717, 1.165) is 25.5 Å². The summed E-state index contributed by atoms with van der Waals surface area (Å²) in [6.45, 7) is 2.78. The number of aromatic nitrogens is 2. The fourth-order valence-electron chi connectivity index (χ4n) is 2.91. The van der Waals surface area contributed by atoms with Gasteiger partial charge in [-0.25, -0.2) is 4.98 Å². The van der Waals surface area contributed by atoms with Crippen molar-refractivity contribution in [3.8, 4) is 0 Å². The van der Waals surface area contributed by atoms with Crippen molar-refractivity contribution in [1.82, 2.24) is 9.55 Å². The fraction of sp³-hybridized carbons (Fsp3) is 0.833. The molecule has 1 heterocycles. The molecule has 5 nitrogen and oxygen atoms in total. The molecule has 0 radical (unpaired) electrons. The van der Waals surface area contributed by atoms with E-state index in [-0.39, 0.29) is 6.10 Å². The first kappa shape index (κ1) is 21.2. The molecule has 1 rings (SSSR count). The van der Waals surface area contributed by atoms with E-state index in [9.17, 15) is 8.42 Å². The minimum Gasteiger partial charge on any atom is -0.335 e. The highest BCUT2D eigenvalue weighted by Gasteiger charge is 2.15. The summed E-state index contributed by atoms with van der Waals surface area (Å²) < 4.78 is 29.9. The first-order chi connectivity index (χ1) is 11.5. The molecule has 140 valence electrons. The van der Waals surface area contributed by atoms with E-state index in [4.69, 9.17) is 4.18 Å². The van der Waals surface area contributed by atoms with Gasteiger partial charge in [0.2, 0.25) is 0 Å². The minimum absolute atomic E-state index is 0.303. The van der Waals surface area contributed by atoms with Crippen molar-refractivity contribution in [2.75, 3.05) is 6.26 Å². The summed E-state index contributed by atoms with van der Waals surface area (Å²) in [7, 11) is -3.42. The second kappa shape index (κ2) is 12.5. The van der Waals surface area contributed by atoms with Gasteiger partial charge in [-0.05, 0) is 6.42 Å². The fourth-order valence-corrected chi connectivity index (χ4v) is 3.56. The van der Waals surface area contributed by atoms with Gasteiger partial charge in [-0.2, -0.15) is 8.42 Å². The van der Waals surface area contributed by atoms with Gasteiger partial charge in [-0.1, -0.05) is 71.1 Å². The van der Waals surface area contributed by atoms with Gasteiger partial charge in [0.15, 0.2) is 0 Å². The highest BCUT2D eigenvalue weighted by molar-refractivity contribution is 7.86. The highest BCUT2D eigenvalue weighted by Crippen LogP contribution is 2.15. The topological polar surface area (TPSA) is 61.2 Å². The van der Waals surface area contributed by atoms with Crippen LogP contribution in [0.25, 0.3) is 0 Å². The molecule has 0 bridgehead atoms. The number of nitrogens with zero attached hydrogens (tertiary/aromatic N) is 2. The van der Waals surface area contributed by atoms with Crippen LogP contribution in [0.3, 0.4) is 0 Å². The van der Waals surface area contributed by atoms with Gasteiger partial charge in [0.05, 0.1) is 25.2 Å². The Morgan fingerprint density at radius 1 is 1.00 bits per heavy atom. The van der Waals surface area contributed by atoms with Crippen molar-refractivity contribution in [1.29, 1.82) is 0 Å². The SMILES string of the molecule is CCCCCCCCCCCCC(Cn1ccnc1)OS(C)(=O)=O. The molecule has 0 amide bonds. The Morgan fingerprint density at radius 3 is 2.08 bits per heavy atom. The van der Waals surface area contributed by atoms with Gasteiger partial charge in [0, 0.05) is 12.4 Å². The van der Waals surface area contributed by atoms with Crippen LogP contribution in [0, 0.1) is 0 Å². The largest absolute Gasteiger partial charge is 0.335 e. The summed E-state index contributed by atoms with van der Waals surface area (Å²) in [5.41, 5.74) is 0. The summed E-state index contributed by atoms with van der Waals surface area (Å²) in [5, 5.41) is 0. The van der Waals surface area contributed by atoms with Crippen LogP contribution in [0.1, 0.15) is 77.6 Å². The van der Waals surface area contributed by atoms with Crippen molar-refractivity contribution < 1.29 is 12.6 Å². The normalized spacial score (nSPS) is 13.2. The number of hydrogen-bond donors (Lipinski definition) is 0. The standard InChI is InChI=1S/C18H34N2O3S/c1-3-4-5-6-7-8-9-10-11-12-13-18(23-24(2,21)22)16-20-15-14-19-17-20/h14-15,17-18H,3-13,16H2,1-2H3. The number of rotatable bonds is 15. The summed E-state index contributed by atoms with van der Waals surface area (Å²) in [4.78, 5) is 3.99. The van der Waals surface area contributed by atoms with Gasteiger partial charge in [0.25, 0.3) is 10.1 Å². The summed E-state index contributed by atoms with van der Waals surface area (Å²) in [5.74, 6) is 0. The van der Waals surface area contributed by atoms with E-state index in [0.29, 0.717) is 6.54 Å². The second-order valence-electron chi connectivity index (χ2n) is 6.65. The predicted octanol–water partition coefficient (Wildman–Crippen LogP) is 4.54. The first-order valence-corrected chi connectivity index (χ1v) is 11.2. The molecule has 0 aromatic carbocycles. The third kappa shape index (κ3) is 11.6. The Morgan fingerprint density at radius 2 is 1.58 bits per heavy atom. The third-order valence-corrected chi connectivity index (χ3v) is 4.79. The molecule has 0 spiro atoms. The van der Waals surface area contributed by atoms with Crippen LogP contribution < -0.4 is 0 Å². The maximum Gasteiger partial charge on any atom is 0.264 e. The maximum absolute atomic E-state index is 11.4. The van der Waals surface area contributed by atoms with Gasteiger partial charge < -0.3 is 4.57 Å². The molecule has 0 aliphatic rings. The maximum atomic E-state index is 11.4. The Labute approximate surface area is 147 Å². The summed E-state index contributed by atoms with van der Waals surface area (Å²) >= 11 is 0. The van der Waals surface area contributed by atoms with Crippen LogP contribution in [0.5, 0.6) is 0 Å². The second-order valence-corrected chi connectivity index (χ2v) is 8.25. The molecule has 0 aliphatic heterocycles. The number of unbranched alkanes of at least 4 members (excludes halogenated alkanes) is 9. The molecule has 0 aliphatic carbocycles. The summed E-state index contributed by atoms with van der Waals surface area (Å²) in [6, 6.07) is 0. The molecule has 1 unspecified atom stereocenters. The lowest BCUT2D eigenvalue weighted by Gasteiger charge is -2.16. The van der Waals surface area contributed by atoms with E-state index in [1.807, 2.05) is 10.8 Å². The van der Waals surface area contributed by atoms with Crippen molar-refractivity contribution in [2.24, 2.45) is 0 Å². The Hall–Kier alpha value is -0.880. The van der Waals surface area contributed by atoms with Crippen molar-refractivity contribution >= 4 is 10.1 Å². The molecule has 6 heteroatoms. The van der Waals surface area contributed by atoms with Crippen LogP contribution in [0.15, 0.2) is 18.7 Å². The van der Waals surface area contributed by atoms with Crippen LogP contribution in [0.2, 0.25) is 0 Å². The Kier molecular flexibility index (Phi) is 11.0. The average Bonchev–Trinajstić information content (AvgIpc) is 3.00. The van der Waals surface area contributed by atoms with E-state index in [2.05, 4.69) is 11.9 Å². The molecule has 0 N–H and O–H groups in total. The Balaban J connectivity index is 2.13. The minimum atomic E-state index is -3.42. The Bertz CT molecular complexity index is 500. The average molecular weight is 359 g/mol. The van der Waals surface area contributed by atoms with Crippen LogP contribution in [-0.4, -0.2) is 30.3 Å². The zero-order valence-corrected chi connectivity index (χ0v) is 16.1. The van der Waals surface area contributed by atoms with Crippen molar-refractivity contribution in [3.63, 3.8) is 0 Å². The molecular formula is C18H34N2O3S. The van der Waals surface area contributed by atoms with Gasteiger partial charge in [0.1, 0.15) is 0 Å². The molecule has 1 aromatic heterocycles. The monoisotopic (exact) mass is 358 g/mol. The van der Waals surface area contributed by atoms with Crippen molar-refractivity contribution in [2.45, 2.75) is 90.2 Å². The zero-order chi connectivity index (χ0) is 17.7. The lowest BCUT2D eigenvalue weighted by Crippen LogP contribution is -2.22. The third-order valence-electron chi connectivity index (χ3n) is 4.16. The first-order valence-electron chi connectivity index (χ1n) is 9.35. The predicted molar refractivity (Wildman–Crippen MR) is 98.4 cm³/mol. The number of hydrogen-bond acceptors (Lipinski definition) is 4. The lowest BCUT2D eigenvalue weighted by molar-refractivity contribution is 0.175. The molecule has 0 saturated heterocycles. The number of imidazole rings is 1. The molecular weight excluding hydrogens is 324 g/mol.